The van der Waals surface area contributed by atoms with Crippen molar-refractivity contribution in [3.63, 3.8) is 0 Å². The minimum atomic E-state index is -2.66. The average Bonchev–Trinajstić information content (AvgIpc) is 2.42. The van der Waals surface area contributed by atoms with Crippen LogP contribution in [0.1, 0.15) is 17.6 Å². The first-order chi connectivity index (χ1) is 9.51. The predicted molar refractivity (Wildman–Crippen MR) is 73.6 cm³/mol. The Bertz CT molecular complexity index is 615. The summed E-state index contributed by atoms with van der Waals surface area (Å²) in [4.78, 5) is 0. The Balaban J connectivity index is 2.39. The number of rotatable bonds is 4. The molecule has 0 bridgehead atoms. The largest absolute Gasteiger partial charge is 0.493 e. The molecule has 0 saturated carbocycles. The number of nitrogens with two attached hydrogens (primary N) is 1. The van der Waals surface area contributed by atoms with Crippen LogP contribution in [-0.4, -0.2) is 7.11 Å². The molecule has 2 aromatic rings. The maximum absolute atomic E-state index is 13.0. The van der Waals surface area contributed by atoms with Crippen LogP contribution in [-0.2, 0) is 0 Å². The summed E-state index contributed by atoms with van der Waals surface area (Å²) < 4.78 is 36.7. The van der Waals surface area contributed by atoms with Crippen LogP contribution < -0.4 is 15.2 Å². The van der Waals surface area contributed by atoms with E-state index in [-0.39, 0.29) is 17.0 Å². The van der Waals surface area contributed by atoms with Gasteiger partial charge < -0.3 is 15.2 Å². The number of methoxy groups -OCH3 is 1. The summed E-state index contributed by atoms with van der Waals surface area (Å²) in [6.45, 7) is 1.90. The summed E-state index contributed by atoms with van der Waals surface area (Å²) in [5, 5.41) is 0. The van der Waals surface area contributed by atoms with Gasteiger partial charge in [0, 0.05) is 5.69 Å². The third kappa shape index (κ3) is 2.99. The number of hydrogen-bond acceptors (Lipinski definition) is 3. The van der Waals surface area contributed by atoms with Crippen molar-refractivity contribution in [2.45, 2.75) is 13.3 Å². The molecular weight excluding hydrogens is 264 g/mol. The summed E-state index contributed by atoms with van der Waals surface area (Å²) in [5.41, 5.74) is 6.53. The van der Waals surface area contributed by atoms with E-state index in [1.807, 2.05) is 13.0 Å². The first kappa shape index (κ1) is 14.1. The molecular formula is C15H15F2NO2. The Labute approximate surface area is 115 Å². The molecule has 0 amide bonds. The molecule has 0 spiro atoms. The zero-order chi connectivity index (χ0) is 14.7. The lowest BCUT2D eigenvalue weighted by atomic mass is 10.2. The lowest BCUT2D eigenvalue weighted by Gasteiger charge is -2.14. The molecule has 0 aromatic heterocycles. The van der Waals surface area contributed by atoms with Gasteiger partial charge in [0.05, 0.1) is 12.7 Å². The van der Waals surface area contributed by atoms with Gasteiger partial charge in [-0.15, -0.1) is 0 Å². The van der Waals surface area contributed by atoms with Gasteiger partial charge in [-0.3, -0.25) is 0 Å². The minimum Gasteiger partial charge on any atom is -0.493 e. The summed E-state index contributed by atoms with van der Waals surface area (Å²) in [7, 11) is 1.50. The molecule has 0 saturated heterocycles. The Morgan fingerprint density at radius 3 is 2.35 bits per heavy atom. The third-order valence-electron chi connectivity index (χ3n) is 2.81. The van der Waals surface area contributed by atoms with Gasteiger partial charge in [0.25, 0.3) is 6.43 Å². The molecule has 5 heteroatoms. The molecule has 106 valence electrons. The maximum atomic E-state index is 13.0. The Hall–Kier alpha value is -2.30. The number of alkyl halides is 2. The summed E-state index contributed by atoms with van der Waals surface area (Å²) >= 11 is 0. The molecule has 2 N–H and O–H groups in total. The van der Waals surface area contributed by atoms with Crippen LogP contribution in [0.5, 0.6) is 17.2 Å². The van der Waals surface area contributed by atoms with Gasteiger partial charge in [-0.1, -0.05) is 6.07 Å². The smallest absolute Gasteiger partial charge is 0.267 e. The zero-order valence-corrected chi connectivity index (χ0v) is 11.2. The zero-order valence-electron chi connectivity index (χ0n) is 11.2. The first-order valence-corrected chi connectivity index (χ1v) is 6.01. The average molecular weight is 279 g/mol. The Morgan fingerprint density at radius 2 is 1.70 bits per heavy atom. The van der Waals surface area contributed by atoms with Gasteiger partial charge in [0.15, 0.2) is 11.5 Å². The predicted octanol–water partition coefficient (Wildman–Crippen LogP) is 4.32. The SMILES string of the molecule is COc1cc(C)ccc1Oc1ccc(N)cc1C(F)F. The lowest BCUT2D eigenvalue weighted by molar-refractivity contribution is 0.148. The molecule has 0 aliphatic rings. The lowest BCUT2D eigenvalue weighted by Crippen LogP contribution is -1.96. The van der Waals surface area contributed by atoms with Crippen molar-refractivity contribution in [1.29, 1.82) is 0 Å². The molecule has 0 unspecified atom stereocenters. The molecule has 0 atom stereocenters. The van der Waals surface area contributed by atoms with E-state index in [1.165, 1.54) is 25.3 Å². The Kier molecular flexibility index (Phi) is 4.08. The standard InChI is InChI=1S/C15H15F2NO2/c1-9-3-5-13(14(7-9)19-2)20-12-6-4-10(18)8-11(12)15(16)17/h3-8,15H,18H2,1-2H3. The fraction of sp³-hybridized carbons (Fsp3) is 0.200. The monoisotopic (exact) mass is 279 g/mol. The summed E-state index contributed by atoms with van der Waals surface area (Å²) in [5.74, 6) is 0.933. The number of halogens is 2. The number of benzene rings is 2. The molecule has 0 aliphatic carbocycles. The van der Waals surface area contributed by atoms with Crippen molar-refractivity contribution in [2.75, 3.05) is 12.8 Å². The van der Waals surface area contributed by atoms with E-state index >= 15 is 0 Å². The van der Waals surface area contributed by atoms with Crippen molar-refractivity contribution < 1.29 is 18.3 Å². The molecule has 0 radical (unpaired) electrons. The van der Waals surface area contributed by atoms with Crippen molar-refractivity contribution in [3.05, 3.63) is 47.5 Å². The van der Waals surface area contributed by atoms with E-state index in [4.69, 9.17) is 15.2 Å². The van der Waals surface area contributed by atoms with Gasteiger partial charge in [0.2, 0.25) is 0 Å². The molecule has 3 nitrogen and oxygen atoms in total. The molecule has 0 aliphatic heterocycles. The Morgan fingerprint density at radius 1 is 1.00 bits per heavy atom. The number of nitrogen functional groups attached to an aromatic ring is 1. The molecule has 0 fully saturated rings. The van der Waals surface area contributed by atoms with Crippen molar-refractivity contribution in [1.82, 2.24) is 0 Å². The van der Waals surface area contributed by atoms with Crippen molar-refractivity contribution in [2.24, 2.45) is 0 Å². The second-order valence-corrected chi connectivity index (χ2v) is 4.35. The highest BCUT2D eigenvalue weighted by Crippen LogP contribution is 2.37. The molecule has 0 heterocycles. The normalized spacial score (nSPS) is 10.7. The van der Waals surface area contributed by atoms with Crippen LogP contribution in [0, 0.1) is 6.92 Å². The topological polar surface area (TPSA) is 44.5 Å². The summed E-state index contributed by atoms with van der Waals surface area (Å²) in [6.07, 6.45) is -2.66. The van der Waals surface area contributed by atoms with Crippen LogP contribution in [0.2, 0.25) is 0 Å². The highest BCUT2D eigenvalue weighted by atomic mass is 19.3. The highest BCUT2D eigenvalue weighted by molar-refractivity contribution is 5.51. The van der Waals surface area contributed by atoms with Crippen LogP contribution >= 0.6 is 0 Å². The molecule has 2 aromatic carbocycles. The van der Waals surface area contributed by atoms with Crippen LogP contribution in [0.15, 0.2) is 36.4 Å². The number of ether oxygens (including phenoxy) is 2. The van der Waals surface area contributed by atoms with E-state index < -0.39 is 6.43 Å². The van der Waals surface area contributed by atoms with Crippen molar-refractivity contribution >= 4 is 5.69 Å². The maximum Gasteiger partial charge on any atom is 0.267 e. The quantitative estimate of drug-likeness (QED) is 0.848. The van der Waals surface area contributed by atoms with Gasteiger partial charge in [-0.05, 0) is 42.8 Å². The third-order valence-corrected chi connectivity index (χ3v) is 2.81. The van der Waals surface area contributed by atoms with Gasteiger partial charge in [-0.25, -0.2) is 8.78 Å². The second-order valence-electron chi connectivity index (χ2n) is 4.35. The van der Waals surface area contributed by atoms with E-state index in [0.29, 0.717) is 11.5 Å². The fourth-order valence-corrected chi connectivity index (χ4v) is 1.81. The van der Waals surface area contributed by atoms with Gasteiger partial charge in [-0.2, -0.15) is 0 Å². The van der Waals surface area contributed by atoms with E-state index in [2.05, 4.69) is 0 Å². The number of aryl methyl sites for hydroxylation is 1. The fourth-order valence-electron chi connectivity index (χ4n) is 1.81. The van der Waals surface area contributed by atoms with E-state index in [9.17, 15) is 8.78 Å². The van der Waals surface area contributed by atoms with E-state index in [0.717, 1.165) is 5.56 Å². The number of anilines is 1. The number of hydrogen-bond donors (Lipinski definition) is 1. The first-order valence-electron chi connectivity index (χ1n) is 6.01. The van der Waals surface area contributed by atoms with Gasteiger partial charge >= 0.3 is 0 Å². The minimum absolute atomic E-state index is 0.0661. The summed E-state index contributed by atoms with van der Waals surface area (Å²) in [6, 6.07) is 9.42. The molecule has 20 heavy (non-hydrogen) atoms. The van der Waals surface area contributed by atoms with Crippen LogP contribution in [0.3, 0.4) is 0 Å². The molecule has 2 rings (SSSR count). The van der Waals surface area contributed by atoms with Crippen molar-refractivity contribution in [3.8, 4) is 17.2 Å². The van der Waals surface area contributed by atoms with Crippen LogP contribution in [0.4, 0.5) is 14.5 Å². The van der Waals surface area contributed by atoms with E-state index in [1.54, 1.807) is 12.1 Å². The van der Waals surface area contributed by atoms with Gasteiger partial charge in [0.1, 0.15) is 5.75 Å². The highest BCUT2D eigenvalue weighted by Gasteiger charge is 2.16. The second kappa shape index (κ2) is 5.77. The van der Waals surface area contributed by atoms with Crippen LogP contribution in [0.25, 0.3) is 0 Å².